The van der Waals surface area contributed by atoms with Crippen LogP contribution < -0.4 is 4.90 Å². The van der Waals surface area contributed by atoms with Gasteiger partial charge in [-0.05, 0) is 166 Å². The first-order valence-electron chi connectivity index (χ1n) is 21.5. The monoisotopic (exact) mass is 801 g/mol. The van der Waals surface area contributed by atoms with Crippen LogP contribution in [0.15, 0.2) is 237 Å². The molecule has 0 atom stereocenters. The quantitative estimate of drug-likeness (QED) is 0.153. The average molecular weight is 802 g/mol. The summed E-state index contributed by atoms with van der Waals surface area (Å²) in [6.07, 6.45) is 7.43. The largest absolute Gasteiger partial charge is 0.310 e. The van der Waals surface area contributed by atoms with Crippen LogP contribution in [-0.2, 0) is 0 Å². The van der Waals surface area contributed by atoms with Gasteiger partial charge in [-0.15, -0.1) is 0 Å². The number of fused-ring (bicyclic) bond motifs is 4. The topological polar surface area (TPSA) is 29.0 Å². The SMILES string of the molecule is c1ccc(-c2c3c(c(-c4ccccc4)c4ccccc24)-c2ccc(-c4cccc(N(c5ccccc5)c5cc(-c6ccncc6)cc(-c6ccncc6)c5)c4)c4cccc-3c24)cc1. The first kappa shape index (κ1) is 36.5. The third kappa shape index (κ3) is 6.21. The van der Waals surface area contributed by atoms with Gasteiger partial charge >= 0.3 is 0 Å². The van der Waals surface area contributed by atoms with Crippen molar-refractivity contribution in [3.63, 3.8) is 0 Å². The molecule has 0 aliphatic heterocycles. The number of anilines is 3. The minimum absolute atomic E-state index is 1.06. The minimum Gasteiger partial charge on any atom is -0.310 e. The molecule has 294 valence electrons. The van der Waals surface area contributed by atoms with E-state index in [0.717, 1.165) is 44.9 Å². The van der Waals surface area contributed by atoms with Crippen LogP contribution in [-0.4, -0.2) is 9.97 Å². The number of para-hydroxylation sites is 1. The number of rotatable bonds is 8. The van der Waals surface area contributed by atoms with Crippen LogP contribution in [0, 0.1) is 0 Å². The van der Waals surface area contributed by atoms with Gasteiger partial charge in [0.15, 0.2) is 0 Å². The molecule has 12 rings (SSSR count). The lowest BCUT2D eigenvalue weighted by molar-refractivity contribution is 1.28. The molecule has 1 aliphatic rings. The number of hydrogen-bond donors (Lipinski definition) is 0. The summed E-state index contributed by atoms with van der Waals surface area (Å²) in [5.41, 5.74) is 20.2. The van der Waals surface area contributed by atoms with Crippen LogP contribution >= 0.6 is 0 Å². The highest BCUT2D eigenvalue weighted by atomic mass is 15.1. The summed E-state index contributed by atoms with van der Waals surface area (Å²) in [5.74, 6) is 0. The normalized spacial score (nSPS) is 11.5. The lowest BCUT2D eigenvalue weighted by Gasteiger charge is -2.27. The Hall–Kier alpha value is -8.40. The number of pyridine rings is 2. The van der Waals surface area contributed by atoms with Gasteiger partial charge in [-0.25, -0.2) is 0 Å². The molecular weight excluding hydrogens is 763 g/mol. The zero-order chi connectivity index (χ0) is 41.7. The van der Waals surface area contributed by atoms with Gasteiger partial charge in [0.1, 0.15) is 0 Å². The van der Waals surface area contributed by atoms with Crippen molar-refractivity contribution in [3.05, 3.63) is 237 Å². The predicted molar refractivity (Wildman–Crippen MR) is 263 cm³/mol. The first-order chi connectivity index (χ1) is 31.3. The smallest absolute Gasteiger partial charge is 0.0473 e. The number of nitrogens with zero attached hydrogens (tertiary/aromatic N) is 3. The maximum absolute atomic E-state index is 4.32. The molecule has 0 radical (unpaired) electrons. The van der Waals surface area contributed by atoms with Crippen molar-refractivity contribution in [2.45, 2.75) is 0 Å². The summed E-state index contributed by atoms with van der Waals surface area (Å²) >= 11 is 0. The summed E-state index contributed by atoms with van der Waals surface area (Å²) in [5, 5.41) is 5.07. The molecule has 0 fully saturated rings. The van der Waals surface area contributed by atoms with Crippen molar-refractivity contribution >= 4 is 38.6 Å². The van der Waals surface area contributed by atoms with E-state index in [-0.39, 0.29) is 0 Å². The first-order valence-corrected chi connectivity index (χ1v) is 21.5. The molecule has 0 spiro atoms. The van der Waals surface area contributed by atoms with Gasteiger partial charge in [0.05, 0.1) is 0 Å². The van der Waals surface area contributed by atoms with E-state index in [1.54, 1.807) is 0 Å². The fourth-order valence-electron chi connectivity index (χ4n) is 9.86. The van der Waals surface area contributed by atoms with Crippen LogP contribution in [0.25, 0.3) is 99.4 Å². The molecule has 11 aromatic rings. The Morgan fingerprint density at radius 3 is 1.29 bits per heavy atom. The van der Waals surface area contributed by atoms with Crippen molar-refractivity contribution in [2.24, 2.45) is 0 Å². The van der Waals surface area contributed by atoms with Gasteiger partial charge in [-0.2, -0.15) is 0 Å². The fourth-order valence-corrected chi connectivity index (χ4v) is 9.86. The molecule has 3 heteroatoms. The second kappa shape index (κ2) is 15.3. The standard InChI is InChI=1S/C60H39N3/c1-4-14-42(15-5-1)56-52-22-10-11-23-53(52)57(43-16-6-2-7-17-43)60-55-27-26-50(51-24-13-25-54(58(51)55)59(56)60)44-18-12-21-48(37-44)63(47-19-8-3-9-20-47)49-38-45(40-28-32-61-33-29-40)36-46(39-49)41-30-34-62-35-31-41/h1-39H. The molecule has 0 amide bonds. The Morgan fingerprint density at radius 1 is 0.254 bits per heavy atom. The maximum atomic E-state index is 4.32. The number of hydrogen-bond acceptors (Lipinski definition) is 3. The molecule has 0 unspecified atom stereocenters. The molecule has 0 saturated heterocycles. The Bertz CT molecular complexity index is 3330. The summed E-state index contributed by atoms with van der Waals surface area (Å²) in [7, 11) is 0. The van der Waals surface area contributed by atoms with Crippen molar-refractivity contribution < 1.29 is 0 Å². The molecule has 0 saturated carbocycles. The van der Waals surface area contributed by atoms with E-state index in [2.05, 4.69) is 227 Å². The summed E-state index contributed by atoms with van der Waals surface area (Å²) in [6, 6.07) is 77.3. The van der Waals surface area contributed by atoms with Gasteiger partial charge < -0.3 is 4.90 Å². The van der Waals surface area contributed by atoms with Crippen LogP contribution in [0.5, 0.6) is 0 Å². The summed E-state index contributed by atoms with van der Waals surface area (Å²) in [6.45, 7) is 0. The molecular formula is C60H39N3. The zero-order valence-electron chi connectivity index (χ0n) is 34.4. The van der Waals surface area contributed by atoms with Crippen molar-refractivity contribution in [1.82, 2.24) is 9.97 Å². The lowest BCUT2D eigenvalue weighted by atomic mass is 9.82. The van der Waals surface area contributed by atoms with Gasteiger partial charge in [0.2, 0.25) is 0 Å². The summed E-state index contributed by atoms with van der Waals surface area (Å²) in [4.78, 5) is 11.0. The third-order valence-corrected chi connectivity index (χ3v) is 12.6. The predicted octanol–water partition coefficient (Wildman–Crippen LogP) is 16.2. The van der Waals surface area contributed by atoms with E-state index < -0.39 is 0 Å². The highest BCUT2D eigenvalue weighted by Gasteiger charge is 2.31. The van der Waals surface area contributed by atoms with Crippen LogP contribution in [0.3, 0.4) is 0 Å². The Labute approximate surface area is 366 Å². The Kier molecular flexibility index (Phi) is 8.83. The molecule has 0 N–H and O–H groups in total. The highest BCUT2D eigenvalue weighted by Crippen LogP contribution is 2.58. The Morgan fingerprint density at radius 2 is 0.698 bits per heavy atom. The van der Waals surface area contributed by atoms with Crippen molar-refractivity contribution in [3.8, 4) is 77.9 Å². The second-order valence-corrected chi connectivity index (χ2v) is 16.1. The molecule has 1 aliphatic carbocycles. The molecule has 63 heavy (non-hydrogen) atoms. The lowest BCUT2D eigenvalue weighted by Crippen LogP contribution is -2.10. The van der Waals surface area contributed by atoms with E-state index in [0.29, 0.717) is 0 Å². The van der Waals surface area contributed by atoms with E-state index in [1.165, 1.54) is 71.6 Å². The van der Waals surface area contributed by atoms with Gasteiger partial charge in [0, 0.05) is 41.8 Å². The summed E-state index contributed by atoms with van der Waals surface area (Å²) < 4.78 is 0. The highest BCUT2D eigenvalue weighted by molar-refractivity contribution is 6.28. The molecule has 0 bridgehead atoms. The van der Waals surface area contributed by atoms with Crippen LogP contribution in [0.1, 0.15) is 0 Å². The van der Waals surface area contributed by atoms with Gasteiger partial charge in [0.25, 0.3) is 0 Å². The number of aromatic nitrogens is 2. The Balaban J connectivity index is 1.07. The van der Waals surface area contributed by atoms with Crippen LogP contribution in [0.4, 0.5) is 17.1 Å². The van der Waals surface area contributed by atoms with Gasteiger partial charge in [-0.1, -0.05) is 146 Å². The van der Waals surface area contributed by atoms with E-state index in [9.17, 15) is 0 Å². The third-order valence-electron chi connectivity index (χ3n) is 12.6. The minimum atomic E-state index is 1.06. The van der Waals surface area contributed by atoms with Crippen molar-refractivity contribution in [1.29, 1.82) is 0 Å². The average Bonchev–Trinajstić information content (AvgIpc) is 3.69. The molecule has 3 nitrogen and oxygen atoms in total. The molecule has 9 aromatic carbocycles. The fraction of sp³-hybridized carbons (Fsp3) is 0. The molecule has 2 aromatic heterocycles. The van der Waals surface area contributed by atoms with Gasteiger partial charge in [-0.3, -0.25) is 9.97 Å². The maximum Gasteiger partial charge on any atom is 0.0473 e. The van der Waals surface area contributed by atoms with E-state index in [4.69, 9.17) is 0 Å². The zero-order valence-corrected chi connectivity index (χ0v) is 34.4. The molecule has 2 heterocycles. The van der Waals surface area contributed by atoms with Crippen molar-refractivity contribution in [2.75, 3.05) is 4.90 Å². The van der Waals surface area contributed by atoms with Crippen LogP contribution in [0.2, 0.25) is 0 Å². The van der Waals surface area contributed by atoms with E-state index in [1.807, 2.05) is 24.8 Å². The van der Waals surface area contributed by atoms with E-state index >= 15 is 0 Å². The second-order valence-electron chi connectivity index (χ2n) is 16.1. The number of benzene rings is 9.